The minimum Gasteiger partial charge on any atom is -0.463 e. The summed E-state index contributed by atoms with van der Waals surface area (Å²) in [5.74, 6) is -1.62. The van der Waals surface area contributed by atoms with Crippen molar-refractivity contribution in [1.29, 1.82) is 0 Å². The number of fused-ring (bicyclic) bond motifs is 1. The number of esters is 1. The molecule has 4 atom stereocenters. The van der Waals surface area contributed by atoms with Crippen LogP contribution in [0, 0.1) is 17.8 Å². The second kappa shape index (κ2) is 17.4. The van der Waals surface area contributed by atoms with Crippen LogP contribution in [0.5, 0.6) is 0 Å². The summed E-state index contributed by atoms with van der Waals surface area (Å²) < 4.78 is 5.81. The van der Waals surface area contributed by atoms with Gasteiger partial charge in [-0.15, -0.1) is 13.2 Å². The molecule has 4 unspecified atom stereocenters. The maximum Gasteiger partial charge on any atom is 0.309 e. The van der Waals surface area contributed by atoms with E-state index in [1.807, 2.05) is 74.5 Å². The number of allylic oxidation sites excluding steroid dienone is 2. The average molecular weight is 589 g/mol. The molecule has 0 spiro atoms. The van der Waals surface area contributed by atoms with Gasteiger partial charge in [-0.05, 0) is 61.1 Å². The summed E-state index contributed by atoms with van der Waals surface area (Å²) in [5, 5.41) is 13.1. The first-order chi connectivity index (χ1) is 20.8. The molecule has 2 N–H and O–H groups in total. The summed E-state index contributed by atoms with van der Waals surface area (Å²) in [7, 11) is 0. The normalized spacial score (nSPS) is 16.5. The van der Waals surface area contributed by atoms with Crippen molar-refractivity contribution in [2.75, 3.05) is 13.2 Å². The predicted octanol–water partition coefficient (Wildman–Crippen LogP) is 5.41. The predicted molar refractivity (Wildman–Crippen MR) is 170 cm³/mol. The summed E-state index contributed by atoms with van der Waals surface area (Å²) in [6.45, 7) is 11.8. The number of nitrogens with one attached hydrogen (secondary N) is 1. The highest BCUT2D eigenvalue weighted by Crippen LogP contribution is 2.25. The van der Waals surface area contributed by atoms with Gasteiger partial charge < -0.3 is 20.1 Å². The molecule has 2 aromatic carbocycles. The fourth-order valence-corrected chi connectivity index (χ4v) is 5.56. The fraction of sp³-hybridized carbons (Fsp3) is 0.472. The summed E-state index contributed by atoms with van der Waals surface area (Å²) in [6.07, 6.45) is 7.38. The monoisotopic (exact) mass is 588 g/mol. The van der Waals surface area contributed by atoms with E-state index in [2.05, 4.69) is 18.5 Å². The number of aliphatic hydroxyl groups excluding tert-OH is 1. The van der Waals surface area contributed by atoms with E-state index in [1.54, 1.807) is 11.0 Å². The molecular formula is C36H48N2O5. The lowest BCUT2D eigenvalue weighted by Crippen LogP contribution is -2.49. The van der Waals surface area contributed by atoms with E-state index in [-0.39, 0.29) is 55.3 Å². The van der Waals surface area contributed by atoms with Gasteiger partial charge in [-0.2, -0.15) is 0 Å². The van der Waals surface area contributed by atoms with Gasteiger partial charge in [-0.25, -0.2) is 0 Å². The van der Waals surface area contributed by atoms with Gasteiger partial charge in [-0.1, -0.05) is 80.6 Å². The molecule has 0 fully saturated rings. The molecule has 232 valence electrons. The lowest BCUT2D eigenvalue weighted by molar-refractivity contribution is -0.150. The Bertz CT molecular complexity index is 1210. The highest BCUT2D eigenvalue weighted by Gasteiger charge is 2.33. The molecule has 3 rings (SSSR count). The number of amides is 2. The zero-order valence-electron chi connectivity index (χ0n) is 25.8. The van der Waals surface area contributed by atoms with Crippen LogP contribution in [0.15, 0.2) is 79.9 Å². The first-order valence-electron chi connectivity index (χ1n) is 15.5. The second-order valence-electron chi connectivity index (χ2n) is 11.9. The molecule has 0 aromatic heterocycles. The van der Waals surface area contributed by atoms with Crippen LogP contribution in [0.2, 0.25) is 0 Å². The van der Waals surface area contributed by atoms with E-state index >= 15 is 0 Å². The molecule has 2 amide bonds. The molecule has 0 saturated carbocycles. The number of hydrogen-bond donors (Lipinski definition) is 2. The number of aliphatic hydroxyl groups is 1. The smallest absolute Gasteiger partial charge is 0.309 e. The Balaban J connectivity index is 1.63. The third kappa shape index (κ3) is 10.2. The topological polar surface area (TPSA) is 95.9 Å². The Labute approximate surface area is 257 Å². The maximum absolute atomic E-state index is 13.5. The Morgan fingerprint density at radius 1 is 1.02 bits per heavy atom. The van der Waals surface area contributed by atoms with Gasteiger partial charge in [0.05, 0.1) is 30.5 Å². The molecule has 7 heteroatoms. The third-order valence-electron chi connectivity index (χ3n) is 8.29. The number of rotatable bonds is 17. The lowest BCUT2D eigenvalue weighted by atomic mass is 9.92. The second-order valence-corrected chi connectivity index (χ2v) is 11.9. The summed E-state index contributed by atoms with van der Waals surface area (Å²) >= 11 is 0. The molecule has 7 nitrogen and oxygen atoms in total. The van der Waals surface area contributed by atoms with Crippen molar-refractivity contribution < 1.29 is 24.2 Å². The SMILES string of the molecule is C=CCCCC(Cc1ccccc1)C(=O)OCC(NC(=O)C(CC=C)CC(=O)N1Cc2ccccc2CC1CO)C(C)C. The maximum atomic E-state index is 13.5. The molecule has 0 radical (unpaired) electrons. The van der Waals surface area contributed by atoms with Crippen LogP contribution in [0.1, 0.15) is 62.6 Å². The molecule has 2 aromatic rings. The summed E-state index contributed by atoms with van der Waals surface area (Å²) in [5.41, 5.74) is 3.27. The van der Waals surface area contributed by atoms with Gasteiger partial charge in [0.15, 0.2) is 0 Å². The van der Waals surface area contributed by atoms with Crippen molar-refractivity contribution in [1.82, 2.24) is 10.2 Å². The quantitative estimate of drug-likeness (QED) is 0.146. The number of ether oxygens (including phenoxy) is 1. The third-order valence-corrected chi connectivity index (χ3v) is 8.29. The number of benzene rings is 2. The van der Waals surface area contributed by atoms with E-state index in [1.165, 1.54) is 0 Å². The van der Waals surface area contributed by atoms with E-state index in [0.717, 1.165) is 29.5 Å². The Kier molecular flexibility index (Phi) is 13.7. The van der Waals surface area contributed by atoms with E-state index in [9.17, 15) is 19.5 Å². The lowest BCUT2D eigenvalue weighted by Gasteiger charge is -2.36. The van der Waals surface area contributed by atoms with Crippen molar-refractivity contribution >= 4 is 17.8 Å². The standard InChI is InChI=1S/C36H48N2O5/c1-5-7-9-18-30(20-27-15-10-8-11-16-27)36(42)43-25-33(26(3)4)37-35(41)29(14-6-2)22-34(40)38-23-31-19-13-12-17-28(31)21-32(38)24-39/h5-6,8,10-13,15-17,19,26,29-30,32-33,39H,1-2,7,9,14,18,20-25H2,3-4H3,(H,37,41). The minimum atomic E-state index is -0.622. The van der Waals surface area contributed by atoms with Crippen LogP contribution in [-0.2, 0) is 38.5 Å². The summed E-state index contributed by atoms with van der Waals surface area (Å²) in [6, 6.07) is 17.1. The number of carbonyl (C=O) groups excluding carboxylic acids is 3. The Morgan fingerprint density at radius 2 is 1.72 bits per heavy atom. The minimum absolute atomic E-state index is 0.00235. The molecule has 1 heterocycles. The van der Waals surface area contributed by atoms with Gasteiger partial charge in [0.25, 0.3) is 0 Å². The van der Waals surface area contributed by atoms with Gasteiger partial charge >= 0.3 is 5.97 Å². The van der Waals surface area contributed by atoms with E-state index in [0.29, 0.717) is 32.2 Å². The van der Waals surface area contributed by atoms with Gasteiger partial charge in [0.2, 0.25) is 11.8 Å². The Hall–Kier alpha value is -3.71. The van der Waals surface area contributed by atoms with Gasteiger partial charge in [0.1, 0.15) is 6.61 Å². The van der Waals surface area contributed by atoms with Crippen LogP contribution in [-0.4, -0.2) is 53.1 Å². The molecule has 0 bridgehead atoms. The highest BCUT2D eigenvalue weighted by atomic mass is 16.5. The van der Waals surface area contributed by atoms with Crippen molar-refractivity contribution in [3.05, 3.63) is 96.6 Å². The zero-order valence-corrected chi connectivity index (χ0v) is 25.8. The number of carbonyl (C=O) groups is 3. The molecular weight excluding hydrogens is 540 g/mol. The highest BCUT2D eigenvalue weighted by molar-refractivity contribution is 5.86. The van der Waals surface area contributed by atoms with E-state index < -0.39 is 12.0 Å². The first-order valence-corrected chi connectivity index (χ1v) is 15.5. The number of unbranched alkanes of at least 4 members (excludes halogenated alkanes) is 1. The summed E-state index contributed by atoms with van der Waals surface area (Å²) in [4.78, 5) is 41.8. The number of hydrogen-bond acceptors (Lipinski definition) is 5. The zero-order chi connectivity index (χ0) is 31.2. The van der Waals surface area contributed by atoms with E-state index in [4.69, 9.17) is 4.74 Å². The molecule has 43 heavy (non-hydrogen) atoms. The van der Waals surface area contributed by atoms with Crippen molar-refractivity contribution in [3.8, 4) is 0 Å². The van der Waals surface area contributed by atoms with Crippen LogP contribution in [0.3, 0.4) is 0 Å². The van der Waals surface area contributed by atoms with Crippen molar-refractivity contribution in [2.45, 2.75) is 77.4 Å². The van der Waals surface area contributed by atoms with Crippen LogP contribution in [0.4, 0.5) is 0 Å². The molecule has 1 aliphatic rings. The fourth-order valence-electron chi connectivity index (χ4n) is 5.56. The molecule has 0 saturated heterocycles. The van der Waals surface area contributed by atoms with Gasteiger partial charge in [0, 0.05) is 13.0 Å². The molecule has 0 aliphatic carbocycles. The van der Waals surface area contributed by atoms with Crippen LogP contribution < -0.4 is 5.32 Å². The first kappa shape index (κ1) is 33.8. The van der Waals surface area contributed by atoms with Crippen LogP contribution in [0.25, 0.3) is 0 Å². The Morgan fingerprint density at radius 3 is 2.37 bits per heavy atom. The van der Waals surface area contributed by atoms with Crippen molar-refractivity contribution in [3.63, 3.8) is 0 Å². The van der Waals surface area contributed by atoms with Crippen LogP contribution >= 0.6 is 0 Å². The van der Waals surface area contributed by atoms with Crippen molar-refractivity contribution in [2.24, 2.45) is 17.8 Å². The largest absolute Gasteiger partial charge is 0.463 e. The average Bonchev–Trinajstić information content (AvgIpc) is 3.01. The van der Waals surface area contributed by atoms with Gasteiger partial charge in [-0.3, -0.25) is 14.4 Å². The molecule has 1 aliphatic heterocycles. The number of nitrogens with zero attached hydrogens (tertiary/aromatic N) is 1.